The number of hydrogen-bond donors (Lipinski definition) is 1. The van der Waals surface area contributed by atoms with E-state index in [1.807, 2.05) is 152 Å². The van der Waals surface area contributed by atoms with E-state index in [0.717, 1.165) is 28.5 Å². The van der Waals surface area contributed by atoms with E-state index in [0.29, 0.717) is 54.1 Å². The second kappa shape index (κ2) is 24.8. The highest BCUT2D eigenvalue weighted by Gasteiger charge is 2.35. The van der Waals surface area contributed by atoms with Crippen molar-refractivity contribution in [2.24, 2.45) is 5.73 Å². The normalized spacial score (nSPS) is 11.7. The summed E-state index contributed by atoms with van der Waals surface area (Å²) in [5, 5.41) is 0. The number of carbonyl (C=O) groups excluding carboxylic acids is 4. The molecule has 0 aromatic heterocycles. The lowest BCUT2D eigenvalue weighted by atomic mass is 9.76. The summed E-state index contributed by atoms with van der Waals surface area (Å²) in [7, 11) is 3.27. The van der Waals surface area contributed by atoms with Gasteiger partial charge in [0.15, 0.2) is 11.6 Å². The Balaban J connectivity index is 0.000000292. The third-order valence-corrected chi connectivity index (χ3v) is 8.69. The molecule has 0 saturated heterocycles. The van der Waals surface area contributed by atoms with Gasteiger partial charge in [0.1, 0.15) is 6.29 Å². The fourth-order valence-electron chi connectivity index (χ4n) is 5.68. The van der Waals surface area contributed by atoms with Crippen LogP contribution in [0.3, 0.4) is 0 Å². The maximum absolute atomic E-state index is 13.8. The van der Waals surface area contributed by atoms with Gasteiger partial charge in [-0.1, -0.05) is 140 Å². The third-order valence-electron chi connectivity index (χ3n) is 8.69. The van der Waals surface area contributed by atoms with Crippen LogP contribution in [-0.4, -0.2) is 69.1 Å². The molecule has 8 nitrogen and oxygen atoms in total. The van der Waals surface area contributed by atoms with E-state index in [-0.39, 0.29) is 17.3 Å². The number of Topliss-reactive ketones (excluding diaryl/α,β-unsaturated/α-hetero) is 3. The van der Waals surface area contributed by atoms with Crippen molar-refractivity contribution in [3.63, 3.8) is 0 Å². The van der Waals surface area contributed by atoms with E-state index < -0.39 is 5.92 Å². The Morgan fingerprint density at radius 1 is 0.649 bits per heavy atom. The number of ether oxygens (including phenoxy) is 2. The lowest BCUT2D eigenvalue weighted by Crippen LogP contribution is -2.29. The summed E-state index contributed by atoms with van der Waals surface area (Å²) >= 11 is 0. The average molecular weight is 763 g/mol. The number of ketones is 3. The first-order valence-electron chi connectivity index (χ1n) is 18.4. The molecule has 2 N–H and O–H groups in total. The lowest BCUT2D eigenvalue weighted by molar-refractivity contribution is 0.100. The lowest BCUT2D eigenvalue weighted by Gasteiger charge is -2.32. The van der Waals surface area contributed by atoms with Crippen LogP contribution in [-0.2, 0) is 9.47 Å². The summed E-state index contributed by atoms with van der Waals surface area (Å²) in [5.74, 6) is 1.14. The number of carbonyl (C=O) groups is 4. The molecule has 5 aromatic rings. The molecule has 0 amide bonds. The molecule has 0 radical (unpaired) electrons. The molecule has 1 aliphatic rings. The summed E-state index contributed by atoms with van der Waals surface area (Å²) in [6, 6.07) is 42.7. The van der Waals surface area contributed by atoms with Crippen molar-refractivity contribution in [2.75, 3.05) is 40.5 Å². The highest BCUT2D eigenvalue weighted by atomic mass is 16.5. The monoisotopic (exact) mass is 762 g/mol. The predicted molar refractivity (Wildman–Crippen MR) is 227 cm³/mol. The quantitative estimate of drug-likeness (QED) is 0.0583. The summed E-state index contributed by atoms with van der Waals surface area (Å²) in [6.07, 6.45) is 9.51. The molecule has 0 unspecified atom stereocenters. The zero-order chi connectivity index (χ0) is 41.4. The number of nitrogens with two attached hydrogens (primary N) is 1. The van der Waals surface area contributed by atoms with Gasteiger partial charge in [0, 0.05) is 79.0 Å². The van der Waals surface area contributed by atoms with Crippen molar-refractivity contribution in [1.82, 2.24) is 4.90 Å². The Morgan fingerprint density at radius 2 is 1.09 bits per heavy atom. The summed E-state index contributed by atoms with van der Waals surface area (Å²) in [6.45, 7) is 6.23. The second-order valence-electron chi connectivity index (χ2n) is 12.7. The van der Waals surface area contributed by atoms with Crippen molar-refractivity contribution in [3.05, 3.63) is 202 Å². The van der Waals surface area contributed by atoms with Crippen molar-refractivity contribution in [3.8, 4) is 12.3 Å². The molecule has 0 atom stereocenters. The van der Waals surface area contributed by atoms with Gasteiger partial charge in [-0.2, -0.15) is 0 Å². The number of nitrogens with zero attached hydrogens (tertiary/aromatic N) is 1. The summed E-state index contributed by atoms with van der Waals surface area (Å²) < 4.78 is 9.83. The highest BCUT2D eigenvalue weighted by molar-refractivity contribution is 6.15. The smallest absolute Gasteiger partial charge is 0.235 e. The fourth-order valence-corrected chi connectivity index (χ4v) is 5.68. The number of methoxy groups -OCH3 is 2. The number of allylic oxidation sites excluding steroid dienone is 2. The van der Waals surface area contributed by atoms with Gasteiger partial charge >= 0.3 is 0 Å². The zero-order valence-electron chi connectivity index (χ0n) is 33.0. The molecule has 5 aromatic carbocycles. The van der Waals surface area contributed by atoms with Crippen molar-refractivity contribution < 1.29 is 28.7 Å². The number of rotatable bonds is 12. The number of terminal acetylenes is 1. The first kappa shape index (κ1) is 44.9. The van der Waals surface area contributed by atoms with E-state index in [1.165, 1.54) is 0 Å². The minimum atomic E-state index is -0.467. The van der Waals surface area contributed by atoms with E-state index in [4.69, 9.17) is 16.9 Å². The SMILES string of the molecule is C#CC(=O)c1ccccc1.COCCN.COCCN1C=C(C(=O)c2ccccc2)C(c2ccccc2C)C(C(=O)c2ccccc2)=C1.Cc1ccccc1C=O. The van der Waals surface area contributed by atoms with Crippen LogP contribution >= 0.6 is 0 Å². The fraction of sp³-hybridized carbons (Fsp3) is 0.184. The molecule has 0 fully saturated rings. The molecule has 0 spiro atoms. The Bertz CT molecular complexity index is 2070. The maximum Gasteiger partial charge on any atom is 0.235 e. The highest BCUT2D eigenvalue weighted by Crippen LogP contribution is 2.40. The minimum absolute atomic E-state index is 0.0854. The van der Waals surface area contributed by atoms with Crippen LogP contribution in [0.1, 0.15) is 64.0 Å². The predicted octanol–water partition coefficient (Wildman–Crippen LogP) is 8.48. The van der Waals surface area contributed by atoms with Crippen molar-refractivity contribution in [2.45, 2.75) is 19.8 Å². The zero-order valence-corrected chi connectivity index (χ0v) is 33.0. The van der Waals surface area contributed by atoms with Gasteiger partial charge in [-0.05, 0) is 36.5 Å². The Hall–Kier alpha value is -6.50. The van der Waals surface area contributed by atoms with Crippen LogP contribution in [0.5, 0.6) is 0 Å². The van der Waals surface area contributed by atoms with Gasteiger partial charge in [0.25, 0.3) is 0 Å². The molecule has 292 valence electrons. The third kappa shape index (κ3) is 13.9. The maximum atomic E-state index is 13.8. The van der Waals surface area contributed by atoms with E-state index in [2.05, 4.69) is 4.74 Å². The van der Waals surface area contributed by atoms with Crippen LogP contribution in [0.15, 0.2) is 163 Å². The first-order valence-corrected chi connectivity index (χ1v) is 18.4. The van der Waals surface area contributed by atoms with E-state index >= 15 is 0 Å². The van der Waals surface area contributed by atoms with Crippen LogP contribution in [0.4, 0.5) is 0 Å². The molecule has 0 bridgehead atoms. The first-order chi connectivity index (χ1) is 27.7. The van der Waals surface area contributed by atoms with Gasteiger partial charge in [-0.3, -0.25) is 19.2 Å². The standard InChI is InChI=1S/C29H27NO3.C9H6O.C8H8O.C3H9NO/c1-21-11-9-10-16-24(21)27-25(28(31)22-12-5-3-6-13-22)19-30(17-18-33-2)20-26(27)29(32)23-14-7-4-8-15-23;1-2-9(10)8-6-4-3-5-7-8;1-7-4-2-3-5-8(7)6-9;1-5-3-2-4/h3-16,19-20,27H,17-18H2,1-2H3;1,3-7H;2-6H,1H3;2-4H2,1H3. The largest absolute Gasteiger partial charge is 0.383 e. The van der Waals surface area contributed by atoms with Crippen LogP contribution in [0.25, 0.3) is 0 Å². The molecule has 1 heterocycles. The van der Waals surface area contributed by atoms with Crippen molar-refractivity contribution in [1.29, 1.82) is 0 Å². The molecule has 8 heteroatoms. The molecule has 0 aliphatic carbocycles. The Kier molecular flexibility index (Phi) is 19.5. The Morgan fingerprint density at radius 3 is 1.47 bits per heavy atom. The second-order valence-corrected chi connectivity index (χ2v) is 12.7. The molecule has 0 saturated carbocycles. The Labute approximate surface area is 336 Å². The number of aryl methyl sites for hydroxylation is 2. The molecule has 1 aliphatic heterocycles. The number of benzene rings is 5. The molecular formula is C49H50N2O6. The van der Waals surface area contributed by atoms with Gasteiger partial charge in [0.2, 0.25) is 5.78 Å². The van der Waals surface area contributed by atoms with Crippen molar-refractivity contribution >= 4 is 23.6 Å². The van der Waals surface area contributed by atoms with Gasteiger partial charge < -0.3 is 20.1 Å². The number of aldehydes is 1. The van der Waals surface area contributed by atoms with Gasteiger partial charge in [-0.25, -0.2) is 0 Å². The van der Waals surface area contributed by atoms with Crippen LogP contribution < -0.4 is 5.73 Å². The summed E-state index contributed by atoms with van der Waals surface area (Å²) in [5.41, 5.74) is 11.7. The van der Waals surface area contributed by atoms with Gasteiger partial charge in [0.05, 0.1) is 13.2 Å². The average Bonchev–Trinajstić information content (AvgIpc) is 3.27. The van der Waals surface area contributed by atoms with E-state index in [1.54, 1.807) is 38.5 Å². The molecule has 57 heavy (non-hydrogen) atoms. The minimum Gasteiger partial charge on any atom is -0.383 e. The number of hydrogen-bond acceptors (Lipinski definition) is 8. The summed E-state index contributed by atoms with van der Waals surface area (Å²) in [4.78, 5) is 50.4. The van der Waals surface area contributed by atoms with E-state index in [9.17, 15) is 19.2 Å². The topological polar surface area (TPSA) is 116 Å². The van der Waals surface area contributed by atoms with Crippen LogP contribution in [0, 0.1) is 26.2 Å². The molecular weight excluding hydrogens is 713 g/mol. The molecule has 6 rings (SSSR count). The van der Waals surface area contributed by atoms with Crippen LogP contribution in [0.2, 0.25) is 0 Å². The van der Waals surface area contributed by atoms with Gasteiger partial charge in [-0.15, -0.1) is 6.42 Å².